The Bertz CT molecular complexity index is 276. The van der Waals surface area contributed by atoms with Crippen LogP contribution in [-0.4, -0.2) is 24.3 Å². The summed E-state index contributed by atoms with van der Waals surface area (Å²) in [4.78, 5) is 22.5. The molecule has 2 saturated carbocycles. The molecule has 0 radical (unpaired) electrons. The summed E-state index contributed by atoms with van der Waals surface area (Å²) < 4.78 is 5.74. The van der Waals surface area contributed by atoms with Crippen LogP contribution in [0.5, 0.6) is 0 Å². The zero-order valence-corrected chi connectivity index (χ0v) is 9.96. The van der Waals surface area contributed by atoms with Gasteiger partial charge in [0.05, 0.1) is 5.60 Å². The van der Waals surface area contributed by atoms with Crippen LogP contribution < -0.4 is 0 Å². The van der Waals surface area contributed by atoms with Gasteiger partial charge in [0.2, 0.25) is 0 Å². The van der Waals surface area contributed by atoms with Crippen LogP contribution in [0.15, 0.2) is 0 Å². The third-order valence-electron chi connectivity index (χ3n) is 4.35. The first-order valence-electron chi connectivity index (χ1n) is 6.25. The summed E-state index contributed by atoms with van der Waals surface area (Å²) in [5.41, 5.74) is -0.116. The Morgan fingerprint density at radius 2 is 1.50 bits per heavy atom. The predicted molar refractivity (Wildman–Crippen MR) is 60.2 cm³/mol. The van der Waals surface area contributed by atoms with Gasteiger partial charge < -0.3 is 4.74 Å². The van der Waals surface area contributed by atoms with Gasteiger partial charge in [-0.15, -0.1) is 0 Å². The maximum Gasteiger partial charge on any atom is 0.133 e. The Kier molecular flexibility index (Phi) is 3.43. The lowest BCUT2D eigenvalue weighted by Gasteiger charge is -2.43. The monoisotopic (exact) mass is 224 g/mol. The lowest BCUT2D eigenvalue weighted by molar-refractivity contribution is -0.138. The van der Waals surface area contributed by atoms with Crippen LogP contribution >= 0.6 is 0 Å². The van der Waals surface area contributed by atoms with Crippen molar-refractivity contribution in [1.29, 1.82) is 0 Å². The number of Topliss-reactive ketones (excluding diaryl/α,β-unsaturated/α-hetero) is 2. The van der Waals surface area contributed by atoms with Gasteiger partial charge in [0.15, 0.2) is 0 Å². The first-order chi connectivity index (χ1) is 7.66. The first-order valence-corrected chi connectivity index (χ1v) is 6.25. The summed E-state index contributed by atoms with van der Waals surface area (Å²) in [5.74, 6) is 1.22. The van der Waals surface area contributed by atoms with Crippen LogP contribution in [0.4, 0.5) is 0 Å². The molecule has 0 atom stereocenters. The van der Waals surface area contributed by atoms with Gasteiger partial charge in [-0.2, -0.15) is 0 Å². The summed E-state index contributed by atoms with van der Waals surface area (Å²) in [6.07, 6.45) is 6.29. The number of hydrogen-bond acceptors (Lipinski definition) is 3. The molecule has 0 aromatic carbocycles. The van der Waals surface area contributed by atoms with Crippen molar-refractivity contribution in [2.24, 2.45) is 5.92 Å². The van der Waals surface area contributed by atoms with Crippen molar-refractivity contribution < 1.29 is 14.3 Å². The van der Waals surface area contributed by atoms with E-state index in [-0.39, 0.29) is 5.60 Å². The molecular formula is C13H20O3. The Morgan fingerprint density at radius 1 is 1.00 bits per heavy atom. The molecule has 3 heteroatoms. The van der Waals surface area contributed by atoms with Gasteiger partial charge in [-0.25, -0.2) is 0 Å². The van der Waals surface area contributed by atoms with Crippen molar-refractivity contribution >= 4 is 11.6 Å². The largest absolute Gasteiger partial charge is 0.378 e. The van der Waals surface area contributed by atoms with Crippen molar-refractivity contribution in [3.63, 3.8) is 0 Å². The molecule has 3 nitrogen and oxygen atoms in total. The van der Waals surface area contributed by atoms with Crippen molar-refractivity contribution in [2.75, 3.05) is 7.11 Å². The second-order valence-electron chi connectivity index (χ2n) is 5.12. The highest BCUT2D eigenvalue weighted by Gasteiger charge is 2.42. The molecule has 16 heavy (non-hydrogen) atoms. The summed E-state index contributed by atoms with van der Waals surface area (Å²) in [5, 5.41) is 0. The fraction of sp³-hybridized carbons (Fsp3) is 0.846. The van der Waals surface area contributed by atoms with E-state index in [1.54, 1.807) is 7.11 Å². The molecule has 2 fully saturated rings. The normalized spacial score (nSPS) is 27.1. The molecule has 2 aliphatic rings. The van der Waals surface area contributed by atoms with E-state index in [2.05, 4.69) is 0 Å². The van der Waals surface area contributed by atoms with E-state index < -0.39 is 0 Å². The van der Waals surface area contributed by atoms with Gasteiger partial charge in [-0.3, -0.25) is 9.59 Å². The van der Waals surface area contributed by atoms with Crippen molar-refractivity contribution in [2.45, 2.75) is 57.0 Å². The van der Waals surface area contributed by atoms with Gasteiger partial charge in [-0.05, 0) is 31.6 Å². The maximum atomic E-state index is 11.3. The first kappa shape index (κ1) is 11.8. The summed E-state index contributed by atoms with van der Waals surface area (Å²) >= 11 is 0. The zero-order chi connectivity index (χ0) is 11.6. The number of rotatable bonds is 2. The van der Waals surface area contributed by atoms with E-state index in [9.17, 15) is 9.59 Å². The standard InChI is InChI=1S/C13H20O3/c1-16-13(8-6-12(15)7-9-13)10-2-4-11(14)5-3-10/h10H,2-9H2,1H3. The lowest BCUT2D eigenvalue weighted by atomic mass is 9.69. The quantitative estimate of drug-likeness (QED) is 0.722. The highest BCUT2D eigenvalue weighted by Crippen LogP contribution is 2.42. The SMILES string of the molecule is COC1(C2CCC(=O)CC2)CCC(=O)CC1. The van der Waals surface area contributed by atoms with Gasteiger partial charge in [0.25, 0.3) is 0 Å². The van der Waals surface area contributed by atoms with E-state index >= 15 is 0 Å². The van der Waals surface area contributed by atoms with Crippen molar-refractivity contribution in [1.82, 2.24) is 0 Å². The zero-order valence-electron chi connectivity index (χ0n) is 9.96. The van der Waals surface area contributed by atoms with Crippen LogP contribution in [0, 0.1) is 5.92 Å². The molecule has 2 rings (SSSR count). The average Bonchev–Trinajstić information content (AvgIpc) is 2.32. The van der Waals surface area contributed by atoms with Gasteiger partial charge in [-0.1, -0.05) is 0 Å². The summed E-state index contributed by atoms with van der Waals surface area (Å²) in [6, 6.07) is 0. The molecule has 0 saturated heterocycles. The molecule has 90 valence electrons. The molecule has 0 heterocycles. The molecular weight excluding hydrogens is 204 g/mol. The van der Waals surface area contributed by atoms with Crippen LogP contribution in [0.3, 0.4) is 0 Å². The molecule has 0 bridgehead atoms. The van der Waals surface area contributed by atoms with Gasteiger partial charge in [0.1, 0.15) is 11.6 Å². The Morgan fingerprint density at radius 3 is 2.00 bits per heavy atom. The Hall–Kier alpha value is -0.700. The minimum Gasteiger partial charge on any atom is -0.378 e. The average molecular weight is 224 g/mol. The van der Waals surface area contributed by atoms with Crippen molar-refractivity contribution in [3.05, 3.63) is 0 Å². The number of carbonyl (C=O) groups is 2. The lowest BCUT2D eigenvalue weighted by Crippen LogP contribution is -2.45. The topological polar surface area (TPSA) is 43.4 Å². The third kappa shape index (κ3) is 2.19. The second kappa shape index (κ2) is 4.66. The van der Waals surface area contributed by atoms with E-state index in [1.165, 1.54) is 0 Å². The molecule has 0 N–H and O–H groups in total. The fourth-order valence-corrected chi connectivity index (χ4v) is 3.20. The molecule has 0 spiro atoms. The number of ketones is 2. The number of methoxy groups -OCH3 is 1. The van der Waals surface area contributed by atoms with E-state index in [0.29, 0.717) is 43.2 Å². The number of hydrogen-bond donors (Lipinski definition) is 0. The van der Waals surface area contributed by atoms with E-state index in [4.69, 9.17) is 4.74 Å². The smallest absolute Gasteiger partial charge is 0.133 e. The minimum atomic E-state index is -0.116. The van der Waals surface area contributed by atoms with Gasteiger partial charge in [0, 0.05) is 32.8 Å². The molecule has 0 amide bonds. The van der Waals surface area contributed by atoms with Crippen LogP contribution in [-0.2, 0) is 14.3 Å². The highest BCUT2D eigenvalue weighted by molar-refractivity contribution is 5.80. The number of ether oxygens (including phenoxy) is 1. The van der Waals surface area contributed by atoms with Gasteiger partial charge >= 0.3 is 0 Å². The summed E-state index contributed by atoms with van der Waals surface area (Å²) in [7, 11) is 1.76. The molecule has 2 aliphatic carbocycles. The maximum absolute atomic E-state index is 11.3. The highest BCUT2D eigenvalue weighted by atomic mass is 16.5. The minimum absolute atomic E-state index is 0.116. The van der Waals surface area contributed by atoms with Crippen LogP contribution in [0.1, 0.15) is 51.4 Å². The number of carbonyl (C=O) groups excluding carboxylic acids is 2. The Labute approximate surface area is 96.5 Å². The molecule has 0 unspecified atom stereocenters. The van der Waals surface area contributed by atoms with Crippen LogP contribution in [0.25, 0.3) is 0 Å². The summed E-state index contributed by atoms with van der Waals surface area (Å²) in [6.45, 7) is 0. The second-order valence-corrected chi connectivity index (χ2v) is 5.12. The van der Waals surface area contributed by atoms with Crippen molar-refractivity contribution in [3.8, 4) is 0 Å². The predicted octanol–water partition coefficient (Wildman–Crippen LogP) is 2.27. The molecule has 0 aromatic heterocycles. The van der Waals surface area contributed by atoms with Crippen LogP contribution in [0.2, 0.25) is 0 Å². The molecule has 0 aliphatic heterocycles. The third-order valence-corrected chi connectivity index (χ3v) is 4.35. The van der Waals surface area contributed by atoms with E-state index in [0.717, 1.165) is 25.7 Å². The Balaban J connectivity index is 2.03. The molecule has 0 aromatic rings. The van der Waals surface area contributed by atoms with E-state index in [1.807, 2.05) is 0 Å². The fourth-order valence-electron chi connectivity index (χ4n) is 3.20.